The molecule has 0 atom stereocenters. The zero-order valence-electron chi connectivity index (χ0n) is 10.4. The maximum absolute atomic E-state index is 11.4. The highest BCUT2D eigenvalue weighted by Crippen LogP contribution is 2.34. The molecule has 1 aliphatic carbocycles. The van der Waals surface area contributed by atoms with Crippen molar-refractivity contribution in [2.24, 2.45) is 0 Å². The highest BCUT2D eigenvalue weighted by Gasteiger charge is 2.22. The topological polar surface area (TPSA) is 89.3 Å². The lowest BCUT2D eigenvalue weighted by Gasteiger charge is -2.06. The molecule has 100 valence electrons. The molecule has 0 unspecified atom stereocenters. The van der Waals surface area contributed by atoms with Gasteiger partial charge in [-0.05, 0) is 30.8 Å². The number of anilines is 2. The standard InChI is InChI=1S/C11H18N4O2S/c1-17-9-10(12)15-18-11(9)13-6-2-3-8(16)14-7-4-5-7/h7,13H,2-6H2,1H3,(H2,12,15)(H,14,16). The number of carbonyl (C=O) groups is 1. The second-order valence-electron chi connectivity index (χ2n) is 4.30. The molecule has 7 heteroatoms. The summed E-state index contributed by atoms with van der Waals surface area (Å²) in [5.41, 5.74) is 5.64. The van der Waals surface area contributed by atoms with E-state index >= 15 is 0 Å². The van der Waals surface area contributed by atoms with Crippen LogP contribution < -0.4 is 21.1 Å². The van der Waals surface area contributed by atoms with Crippen molar-refractivity contribution in [2.45, 2.75) is 31.7 Å². The number of nitrogens with zero attached hydrogens (tertiary/aromatic N) is 1. The summed E-state index contributed by atoms with van der Waals surface area (Å²) >= 11 is 1.27. The van der Waals surface area contributed by atoms with E-state index < -0.39 is 0 Å². The van der Waals surface area contributed by atoms with E-state index in [9.17, 15) is 4.79 Å². The lowest BCUT2D eigenvalue weighted by atomic mass is 10.3. The Morgan fingerprint density at radius 3 is 3.06 bits per heavy atom. The fourth-order valence-corrected chi connectivity index (χ4v) is 2.29. The third-order valence-electron chi connectivity index (χ3n) is 2.69. The Bertz CT molecular complexity index is 417. The fraction of sp³-hybridized carbons (Fsp3) is 0.636. The van der Waals surface area contributed by atoms with Gasteiger partial charge in [0.15, 0.2) is 16.6 Å². The van der Waals surface area contributed by atoms with Gasteiger partial charge in [-0.1, -0.05) is 0 Å². The van der Waals surface area contributed by atoms with Crippen molar-refractivity contribution in [1.82, 2.24) is 9.69 Å². The van der Waals surface area contributed by atoms with Gasteiger partial charge in [-0.25, -0.2) is 0 Å². The summed E-state index contributed by atoms with van der Waals surface area (Å²) in [6.07, 6.45) is 3.57. The SMILES string of the molecule is COc1c(N)nsc1NCCCC(=O)NC1CC1. The maximum atomic E-state index is 11.4. The van der Waals surface area contributed by atoms with Gasteiger partial charge in [-0.15, -0.1) is 0 Å². The summed E-state index contributed by atoms with van der Waals surface area (Å²) in [7, 11) is 1.56. The quantitative estimate of drug-likeness (QED) is 0.648. The molecule has 1 fully saturated rings. The van der Waals surface area contributed by atoms with Crippen molar-refractivity contribution in [3.8, 4) is 5.75 Å². The Labute approximate surface area is 110 Å². The molecular formula is C11H18N4O2S. The predicted molar refractivity (Wildman–Crippen MR) is 72.0 cm³/mol. The smallest absolute Gasteiger partial charge is 0.220 e. The van der Waals surface area contributed by atoms with Gasteiger partial charge in [-0.2, -0.15) is 4.37 Å². The molecule has 4 N–H and O–H groups in total. The van der Waals surface area contributed by atoms with Gasteiger partial charge >= 0.3 is 0 Å². The van der Waals surface area contributed by atoms with E-state index in [1.807, 2.05) is 0 Å². The van der Waals surface area contributed by atoms with E-state index in [-0.39, 0.29) is 5.91 Å². The summed E-state index contributed by atoms with van der Waals surface area (Å²) < 4.78 is 9.14. The first-order valence-electron chi connectivity index (χ1n) is 6.03. The molecule has 0 aromatic carbocycles. The second kappa shape index (κ2) is 5.90. The Morgan fingerprint density at radius 1 is 1.61 bits per heavy atom. The number of hydrogen-bond acceptors (Lipinski definition) is 6. The van der Waals surface area contributed by atoms with Crippen LogP contribution in [-0.2, 0) is 4.79 Å². The number of rotatable bonds is 7. The highest BCUT2D eigenvalue weighted by molar-refractivity contribution is 7.11. The number of nitrogen functional groups attached to an aromatic ring is 1. The molecule has 1 heterocycles. The van der Waals surface area contributed by atoms with Crippen LogP contribution in [0.1, 0.15) is 25.7 Å². The number of aromatic nitrogens is 1. The average molecular weight is 270 g/mol. The Morgan fingerprint density at radius 2 is 2.39 bits per heavy atom. The first kappa shape index (κ1) is 12.9. The van der Waals surface area contributed by atoms with Crippen LogP contribution in [-0.4, -0.2) is 30.0 Å². The van der Waals surface area contributed by atoms with Crippen LogP contribution in [0.5, 0.6) is 5.75 Å². The van der Waals surface area contributed by atoms with Crippen molar-refractivity contribution < 1.29 is 9.53 Å². The minimum absolute atomic E-state index is 0.134. The van der Waals surface area contributed by atoms with E-state index in [0.29, 0.717) is 30.6 Å². The maximum Gasteiger partial charge on any atom is 0.220 e. The monoisotopic (exact) mass is 270 g/mol. The minimum atomic E-state index is 0.134. The number of amides is 1. The van der Waals surface area contributed by atoms with Crippen LogP contribution in [0.15, 0.2) is 0 Å². The van der Waals surface area contributed by atoms with Crippen LogP contribution in [0.25, 0.3) is 0 Å². The lowest BCUT2D eigenvalue weighted by Crippen LogP contribution is -2.25. The number of methoxy groups -OCH3 is 1. The van der Waals surface area contributed by atoms with E-state index in [2.05, 4.69) is 15.0 Å². The molecule has 0 bridgehead atoms. The normalized spacial score (nSPS) is 14.3. The van der Waals surface area contributed by atoms with Crippen LogP contribution in [0.4, 0.5) is 10.8 Å². The highest BCUT2D eigenvalue weighted by atomic mass is 32.1. The summed E-state index contributed by atoms with van der Waals surface area (Å²) in [4.78, 5) is 11.4. The van der Waals surface area contributed by atoms with Gasteiger partial charge in [-0.3, -0.25) is 4.79 Å². The first-order chi connectivity index (χ1) is 8.70. The fourth-order valence-electron chi connectivity index (χ4n) is 1.58. The number of ether oxygens (including phenoxy) is 1. The molecule has 2 rings (SSSR count). The van der Waals surface area contributed by atoms with Crippen molar-refractivity contribution in [2.75, 3.05) is 24.7 Å². The summed E-state index contributed by atoms with van der Waals surface area (Å²) in [6, 6.07) is 0.437. The van der Waals surface area contributed by atoms with Gasteiger partial charge < -0.3 is 21.1 Å². The molecular weight excluding hydrogens is 252 g/mol. The van der Waals surface area contributed by atoms with E-state index in [1.54, 1.807) is 7.11 Å². The zero-order chi connectivity index (χ0) is 13.0. The molecule has 0 aliphatic heterocycles. The molecule has 0 saturated heterocycles. The number of nitrogens with one attached hydrogen (secondary N) is 2. The number of nitrogens with two attached hydrogens (primary N) is 1. The van der Waals surface area contributed by atoms with E-state index in [0.717, 1.165) is 24.3 Å². The van der Waals surface area contributed by atoms with Crippen molar-refractivity contribution in [3.63, 3.8) is 0 Å². The molecule has 6 nitrogen and oxygen atoms in total. The molecule has 1 saturated carbocycles. The van der Waals surface area contributed by atoms with Gasteiger partial charge in [0, 0.05) is 19.0 Å². The van der Waals surface area contributed by atoms with Gasteiger partial charge in [0.2, 0.25) is 5.91 Å². The van der Waals surface area contributed by atoms with Gasteiger partial charge in [0.05, 0.1) is 7.11 Å². The molecule has 0 radical (unpaired) electrons. The van der Waals surface area contributed by atoms with Crippen molar-refractivity contribution >= 4 is 28.3 Å². The Kier molecular flexibility index (Phi) is 4.24. The van der Waals surface area contributed by atoms with Crippen molar-refractivity contribution in [1.29, 1.82) is 0 Å². The molecule has 0 spiro atoms. The Balaban J connectivity index is 1.66. The Hall–Kier alpha value is -1.50. The summed E-state index contributed by atoms with van der Waals surface area (Å²) in [5.74, 6) is 1.12. The molecule has 1 aliphatic rings. The van der Waals surface area contributed by atoms with Crippen molar-refractivity contribution in [3.05, 3.63) is 0 Å². The molecule has 1 amide bonds. The first-order valence-corrected chi connectivity index (χ1v) is 6.80. The number of hydrogen-bond donors (Lipinski definition) is 3. The minimum Gasteiger partial charge on any atom is -0.490 e. The predicted octanol–water partition coefficient (Wildman–Crippen LogP) is 1.20. The number of carbonyl (C=O) groups excluding carboxylic acids is 1. The van der Waals surface area contributed by atoms with Gasteiger partial charge in [0.1, 0.15) is 0 Å². The van der Waals surface area contributed by atoms with Crippen LogP contribution in [0.2, 0.25) is 0 Å². The van der Waals surface area contributed by atoms with Crippen LogP contribution in [0.3, 0.4) is 0 Å². The largest absolute Gasteiger partial charge is 0.490 e. The van der Waals surface area contributed by atoms with Gasteiger partial charge in [0.25, 0.3) is 0 Å². The average Bonchev–Trinajstić information content (AvgIpc) is 3.08. The van der Waals surface area contributed by atoms with E-state index in [1.165, 1.54) is 11.5 Å². The van der Waals surface area contributed by atoms with Crippen LogP contribution in [0, 0.1) is 0 Å². The third kappa shape index (κ3) is 3.49. The summed E-state index contributed by atoms with van der Waals surface area (Å²) in [6.45, 7) is 0.704. The molecule has 1 aromatic heterocycles. The van der Waals surface area contributed by atoms with Crippen LogP contribution >= 0.6 is 11.5 Å². The molecule has 18 heavy (non-hydrogen) atoms. The second-order valence-corrected chi connectivity index (χ2v) is 5.08. The summed E-state index contributed by atoms with van der Waals surface area (Å²) in [5, 5.41) is 6.96. The zero-order valence-corrected chi connectivity index (χ0v) is 11.2. The third-order valence-corrected chi connectivity index (χ3v) is 3.49. The lowest BCUT2D eigenvalue weighted by molar-refractivity contribution is -0.121. The molecule has 1 aromatic rings. The van der Waals surface area contributed by atoms with E-state index in [4.69, 9.17) is 10.5 Å².